The molecule has 138 valence electrons. The summed E-state index contributed by atoms with van der Waals surface area (Å²) >= 11 is 0. The van der Waals surface area contributed by atoms with Crippen LogP contribution in [0.1, 0.15) is 31.7 Å². The lowest BCUT2D eigenvalue weighted by Crippen LogP contribution is -2.46. The summed E-state index contributed by atoms with van der Waals surface area (Å²) in [5.74, 6) is -0.242. The van der Waals surface area contributed by atoms with Gasteiger partial charge in [-0.1, -0.05) is 31.2 Å². The molecule has 1 fully saturated rings. The van der Waals surface area contributed by atoms with Crippen LogP contribution >= 0.6 is 0 Å². The lowest BCUT2D eigenvalue weighted by molar-refractivity contribution is -0.120. The third kappa shape index (κ3) is 5.66. The molecule has 25 heavy (non-hydrogen) atoms. The van der Waals surface area contributed by atoms with Crippen LogP contribution in [-0.4, -0.2) is 39.2 Å². The molecule has 6 nitrogen and oxygen atoms in total. The van der Waals surface area contributed by atoms with E-state index in [0.29, 0.717) is 12.8 Å². The molecule has 1 heterocycles. The van der Waals surface area contributed by atoms with Crippen LogP contribution in [-0.2, 0) is 23.8 Å². The van der Waals surface area contributed by atoms with E-state index >= 15 is 0 Å². The minimum atomic E-state index is -3.83. The largest absolute Gasteiger partial charge is 0.372 e. The second kappa shape index (κ2) is 8.60. The normalized spacial score (nSPS) is 23.8. The molecule has 0 unspecified atom stereocenters. The average molecular weight is 367 g/mol. The third-order valence-electron chi connectivity index (χ3n) is 4.19. The molecule has 2 rings (SSSR count). The second-order valence-electron chi connectivity index (χ2n) is 6.22. The first-order valence-corrected chi connectivity index (χ1v) is 9.79. The Kier molecular flexibility index (Phi) is 6.75. The number of hydrogen-bond acceptors (Lipinski definition) is 5. The second-order valence-corrected chi connectivity index (χ2v) is 7.84. The monoisotopic (exact) mass is 367 g/mol. The summed E-state index contributed by atoms with van der Waals surface area (Å²) in [5, 5.41) is 2.86. The third-order valence-corrected chi connectivity index (χ3v) is 5.48. The minimum absolute atomic E-state index is 0.0421. The minimum Gasteiger partial charge on any atom is -0.372 e. The molecule has 0 radical (unpaired) electrons. The molecule has 1 aromatic carbocycles. The molecule has 1 saturated heterocycles. The van der Waals surface area contributed by atoms with Crippen LogP contribution in [0.3, 0.4) is 0 Å². The Labute approximate surface area is 149 Å². The number of aryl methyl sites for hydroxylation is 1. The van der Waals surface area contributed by atoms with Crippen molar-refractivity contribution >= 4 is 16.0 Å². The van der Waals surface area contributed by atoms with Crippen molar-refractivity contribution in [2.75, 3.05) is 6.61 Å². The van der Waals surface area contributed by atoms with Crippen molar-refractivity contribution in [3.63, 3.8) is 0 Å². The maximum atomic E-state index is 12.3. The highest BCUT2D eigenvalue weighted by Crippen LogP contribution is 2.23. The van der Waals surface area contributed by atoms with Gasteiger partial charge in [0.05, 0.1) is 23.7 Å². The zero-order chi connectivity index (χ0) is 18.4. The predicted molar refractivity (Wildman–Crippen MR) is 94.6 cm³/mol. The first-order chi connectivity index (χ1) is 11.8. The summed E-state index contributed by atoms with van der Waals surface area (Å²) in [5.41, 5.74) is 0.973. The first-order valence-electron chi connectivity index (χ1n) is 8.38. The Balaban J connectivity index is 1.99. The van der Waals surface area contributed by atoms with Gasteiger partial charge in [0, 0.05) is 6.04 Å². The lowest BCUT2D eigenvalue weighted by atomic mass is 9.97. The molecule has 0 saturated carbocycles. The van der Waals surface area contributed by atoms with Gasteiger partial charge in [0.25, 0.3) is 10.1 Å². The summed E-state index contributed by atoms with van der Waals surface area (Å²) in [4.78, 5) is 11.6. The first kappa shape index (κ1) is 19.6. The van der Waals surface area contributed by atoms with E-state index in [1.165, 1.54) is 18.2 Å². The summed E-state index contributed by atoms with van der Waals surface area (Å²) < 4.78 is 35.6. The Morgan fingerprint density at radius 1 is 1.32 bits per heavy atom. The molecule has 3 atom stereocenters. The molecule has 1 aliphatic heterocycles. The topological polar surface area (TPSA) is 81.7 Å². The number of carbonyl (C=O) groups excluding carboxylic acids is 1. The van der Waals surface area contributed by atoms with Gasteiger partial charge < -0.3 is 10.1 Å². The van der Waals surface area contributed by atoms with Gasteiger partial charge in [-0.3, -0.25) is 8.98 Å². The average Bonchev–Trinajstić information content (AvgIpc) is 2.60. The van der Waals surface area contributed by atoms with E-state index in [1.807, 2.05) is 13.8 Å². The fourth-order valence-corrected chi connectivity index (χ4v) is 3.74. The van der Waals surface area contributed by atoms with Crippen molar-refractivity contribution in [3.8, 4) is 0 Å². The van der Waals surface area contributed by atoms with Crippen LogP contribution < -0.4 is 5.32 Å². The van der Waals surface area contributed by atoms with Crippen molar-refractivity contribution in [3.05, 3.63) is 42.5 Å². The maximum absolute atomic E-state index is 12.3. The lowest BCUT2D eigenvalue weighted by Gasteiger charge is -2.35. The molecule has 0 spiro atoms. The molecule has 1 amide bonds. The van der Waals surface area contributed by atoms with Gasteiger partial charge in [0.2, 0.25) is 5.91 Å². The molecule has 1 aliphatic rings. The number of carbonyl (C=O) groups is 1. The van der Waals surface area contributed by atoms with Gasteiger partial charge in [0.1, 0.15) is 0 Å². The van der Waals surface area contributed by atoms with Crippen molar-refractivity contribution in [1.82, 2.24) is 5.32 Å². The zero-order valence-electron chi connectivity index (χ0n) is 14.6. The molecular weight excluding hydrogens is 342 g/mol. The standard InChI is InChI=1S/C18H25NO5S/c1-4-15-10-14(19-18(20)5-2)11-16(24-15)12-23-25(21,22)17-8-6-13(3)7-9-17/h5-9,14-16H,2,4,10-12H2,1,3H3,(H,19,20)/t14-,15+,16+/m1/s1. The number of nitrogens with one attached hydrogen (secondary N) is 1. The van der Waals surface area contributed by atoms with Gasteiger partial charge in [0.15, 0.2) is 0 Å². The number of benzene rings is 1. The van der Waals surface area contributed by atoms with Gasteiger partial charge in [-0.05, 0) is 44.4 Å². The highest BCUT2D eigenvalue weighted by Gasteiger charge is 2.30. The van der Waals surface area contributed by atoms with E-state index in [2.05, 4.69) is 11.9 Å². The summed E-state index contributed by atoms with van der Waals surface area (Å²) in [6, 6.07) is 6.41. The Morgan fingerprint density at radius 3 is 2.56 bits per heavy atom. The van der Waals surface area contributed by atoms with Gasteiger partial charge >= 0.3 is 0 Å². The maximum Gasteiger partial charge on any atom is 0.297 e. The van der Waals surface area contributed by atoms with Crippen LogP contribution in [0.4, 0.5) is 0 Å². The van der Waals surface area contributed by atoms with Crippen molar-refractivity contribution in [2.45, 2.75) is 56.3 Å². The van der Waals surface area contributed by atoms with Crippen molar-refractivity contribution < 1.29 is 22.1 Å². The number of hydrogen-bond donors (Lipinski definition) is 1. The fourth-order valence-electron chi connectivity index (χ4n) is 2.80. The van der Waals surface area contributed by atoms with Crippen LogP contribution in [0.5, 0.6) is 0 Å². The van der Waals surface area contributed by atoms with Crippen LogP contribution in [0, 0.1) is 6.92 Å². The fraction of sp³-hybridized carbons (Fsp3) is 0.500. The number of ether oxygens (including phenoxy) is 1. The van der Waals surface area contributed by atoms with Gasteiger partial charge in [-0.2, -0.15) is 8.42 Å². The highest BCUT2D eigenvalue weighted by atomic mass is 32.2. The van der Waals surface area contributed by atoms with Gasteiger partial charge in [-0.25, -0.2) is 0 Å². The van der Waals surface area contributed by atoms with E-state index < -0.39 is 16.2 Å². The summed E-state index contributed by atoms with van der Waals surface area (Å²) in [7, 11) is -3.83. The summed E-state index contributed by atoms with van der Waals surface area (Å²) in [6.45, 7) is 7.24. The Bertz CT molecular complexity index is 699. The van der Waals surface area contributed by atoms with E-state index in [-0.39, 0.29) is 29.6 Å². The van der Waals surface area contributed by atoms with Crippen LogP contribution in [0.2, 0.25) is 0 Å². The molecule has 0 aliphatic carbocycles. The molecule has 0 bridgehead atoms. The number of rotatable bonds is 7. The molecule has 1 aromatic rings. The van der Waals surface area contributed by atoms with E-state index in [9.17, 15) is 13.2 Å². The van der Waals surface area contributed by atoms with Crippen molar-refractivity contribution in [2.24, 2.45) is 0 Å². The summed E-state index contributed by atoms with van der Waals surface area (Å²) in [6.07, 6.45) is 2.76. The Hall–Kier alpha value is -1.70. The van der Waals surface area contributed by atoms with Gasteiger partial charge in [-0.15, -0.1) is 0 Å². The molecule has 0 aromatic heterocycles. The van der Waals surface area contributed by atoms with E-state index in [0.717, 1.165) is 12.0 Å². The predicted octanol–water partition coefficient (Wildman–Crippen LogP) is 2.33. The SMILES string of the molecule is C=CC(=O)N[C@H]1C[C@@H](COS(=O)(=O)c2ccc(C)cc2)O[C@@H](CC)C1. The van der Waals surface area contributed by atoms with E-state index in [1.54, 1.807) is 12.1 Å². The molecule has 1 N–H and O–H groups in total. The molecular formula is C18H25NO5S. The zero-order valence-corrected chi connectivity index (χ0v) is 15.4. The van der Waals surface area contributed by atoms with Crippen LogP contribution in [0.15, 0.2) is 41.8 Å². The number of amides is 1. The van der Waals surface area contributed by atoms with Crippen molar-refractivity contribution in [1.29, 1.82) is 0 Å². The quantitative estimate of drug-likeness (QED) is 0.591. The highest BCUT2D eigenvalue weighted by molar-refractivity contribution is 7.86. The van der Waals surface area contributed by atoms with E-state index in [4.69, 9.17) is 8.92 Å². The smallest absolute Gasteiger partial charge is 0.297 e. The van der Waals surface area contributed by atoms with Crippen LogP contribution in [0.25, 0.3) is 0 Å². The molecule has 7 heteroatoms. The Morgan fingerprint density at radius 2 is 1.96 bits per heavy atom.